The molecular weight excluding hydrogens is 1090 g/mol. The highest BCUT2D eigenvalue weighted by molar-refractivity contribution is 5.99. The number of amides is 8. The molecule has 6 aromatic rings. The zero-order valence-electron chi connectivity index (χ0n) is 46.6. The summed E-state index contributed by atoms with van der Waals surface area (Å²) in [6, 6.07) is 40.5. The van der Waals surface area contributed by atoms with Crippen LogP contribution in [0.2, 0.25) is 0 Å². The maximum atomic E-state index is 15.0. The van der Waals surface area contributed by atoms with Gasteiger partial charge in [0.1, 0.15) is 48.6 Å². The van der Waals surface area contributed by atoms with E-state index in [0.717, 1.165) is 5.56 Å². The third-order valence-electron chi connectivity index (χ3n) is 13.5. The predicted molar refractivity (Wildman–Crippen MR) is 313 cm³/mol. The van der Waals surface area contributed by atoms with Crippen LogP contribution in [0.5, 0.6) is 0 Å². The summed E-state index contributed by atoms with van der Waals surface area (Å²) in [7, 11) is 0. The Balaban J connectivity index is 1.31. The number of aldehydes is 1. The second-order valence-corrected chi connectivity index (χ2v) is 20.2. The highest BCUT2D eigenvalue weighted by Crippen LogP contribution is 2.14. The third kappa shape index (κ3) is 21.8. The van der Waals surface area contributed by atoms with Gasteiger partial charge in [-0.2, -0.15) is 0 Å². The maximum Gasteiger partial charge on any atom is 0.305 e. The summed E-state index contributed by atoms with van der Waals surface area (Å²) in [6.07, 6.45) is -2.22. The molecule has 21 nitrogen and oxygen atoms in total. The van der Waals surface area contributed by atoms with Crippen molar-refractivity contribution in [1.29, 1.82) is 0 Å². The van der Waals surface area contributed by atoms with E-state index in [1.54, 1.807) is 176 Å². The molecule has 8 atom stereocenters. The van der Waals surface area contributed by atoms with E-state index >= 15 is 0 Å². The van der Waals surface area contributed by atoms with Crippen molar-refractivity contribution in [3.63, 3.8) is 0 Å². The summed E-state index contributed by atoms with van der Waals surface area (Å²) < 4.78 is 0. The summed E-state index contributed by atoms with van der Waals surface area (Å²) in [4.78, 5) is 149. The van der Waals surface area contributed by atoms with Crippen LogP contribution in [0.25, 0.3) is 0 Å². The summed E-state index contributed by atoms with van der Waals surface area (Å²) in [5, 5.41) is 40.0. The second kappa shape index (κ2) is 33.0. The number of benzene rings is 6. The average Bonchev–Trinajstić information content (AvgIpc) is 3.61. The SMILES string of the molecule is CC(=O)N[C@@H](Cc1ccccc1)C(=O)N[C@@H](Cc1ccccc1)C(=O)N[C@@H](Cc1ccccc1)C(=O)N[C@@H](Cc1ccccc1)C(=O)N[C@@H](Cc1ccccc1)C(=O)N[C@@H](Cc1ccccc1)C(=O)N[C@@H](CC(=O)O)C(=O)N[C@H](C=O)CC(=O)O. The minimum atomic E-state index is -1.85. The first-order valence-corrected chi connectivity index (χ1v) is 27.4. The van der Waals surface area contributed by atoms with Gasteiger partial charge in [0.15, 0.2) is 0 Å². The van der Waals surface area contributed by atoms with Gasteiger partial charge in [-0.3, -0.25) is 47.9 Å². The number of hydrogen-bond donors (Lipinski definition) is 10. The second-order valence-electron chi connectivity index (χ2n) is 20.2. The van der Waals surface area contributed by atoms with Crippen molar-refractivity contribution in [1.82, 2.24) is 42.5 Å². The fourth-order valence-electron chi connectivity index (χ4n) is 9.22. The number of carboxylic acid groups (broad SMARTS) is 2. The molecule has 0 aliphatic heterocycles. The molecule has 0 aromatic heterocycles. The zero-order chi connectivity index (χ0) is 61.1. The van der Waals surface area contributed by atoms with Crippen LogP contribution in [0.1, 0.15) is 53.1 Å². The lowest BCUT2D eigenvalue weighted by Gasteiger charge is -2.28. The van der Waals surface area contributed by atoms with Crippen molar-refractivity contribution < 1.29 is 63.0 Å². The van der Waals surface area contributed by atoms with Crippen LogP contribution in [0.4, 0.5) is 0 Å². The first kappa shape index (κ1) is 63.9. The van der Waals surface area contributed by atoms with Crippen molar-refractivity contribution in [2.24, 2.45) is 0 Å². The lowest BCUT2D eigenvalue weighted by Crippen LogP contribution is -2.61. The predicted octanol–water partition coefficient (Wildman–Crippen LogP) is 2.49. The molecule has 0 bridgehead atoms. The van der Waals surface area contributed by atoms with Crippen molar-refractivity contribution in [3.8, 4) is 0 Å². The molecule has 21 heteroatoms. The zero-order valence-corrected chi connectivity index (χ0v) is 46.6. The molecule has 0 saturated heterocycles. The summed E-state index contributed by atoms with van der Waals surface area (Å²) in [5.74, 6) is -9.69. The van der Waals surface area contributed by atoms with Gasteiger partial charge in [0.2, 0.25) is 47.3 Å². The van der Waals surface area contributed by atoms with E-state index in [2.05, 4.69) is 42.5 Å². The molecule has 0 spiro atoms. The lowest BCUT2D eigenvalue weighted by atomic mass is 9.99. The van der Waals surface area contributed by atoms with Crippen LogP contribution in [0.15, 0.2) is 182 Å². The van der Waals surface area contributed by atoms with E-state index in [-0.39, 0.29) is 44.8 Å². The van der Waals surface area contributed by atoms with Crippen LogP contribution < -0.4 is 42.5 Å². The van der Waals surface area contributed by atoms with E-state index in [1.165, 1.54) is 6.92 Å². The van der Waals surface area contributed by atoms with Gasteiger partial charge in [-0.05, 0) is 33.4 Å². The number of carbonyl (C=O) groups excluding carboxylic acids is 9. The van der Waals surface area contributed by atoms with Gasteiger partial charge in [0.05, 0.1) is 18.9 Å². The monoisotopic (exact) mass is 1160 g/mol. The molecule has 6 aromatic carbocycles. The molecule has 8 amide bonds. The number of nitrogens with one attached hydrogen (secondary N) is 8. The largest absolute Gasteiger partial charge is 0.481 e. The van der Waals surface area contributed by atoms with E-state index in [1.807, 2.05) is 6.07 Å². The first-order chi connectivity index (χ1) is 40.9. The van der Waals surface area contributed by atoms with Crippen LogP contribution in [-0.2, 0) is 91.3 Å². The molecule has 85 heavy (non-hydrogen) atoms. The van der Waals surface area contributed by atoms with Crippen molar-refractivity contribution >= 4 is 65.5 Å². The number of rotatable bonds is 32. The fraction of sp³-hybridized carbons (Fsp3) is 0.266. The minimum Gasteiger partial charge on any atom is -0.481 e. The molecule has 0 aliphatic rings. The summed E-state index contributed by atoms with van der Waals surface area (Å²) in [6.45, 7) is 1.27. The Kier molecular flexibility index (Phi) is 24.8. The van der Waals surface area contributed by atoms with Crippen molar-refractivity contribution in [2.75, 3.05) is 0 Å². The summed E-state index contributed by atoms with van der Waals surface area (Å²) in [5.41, 5.74) is 3.70. The van der Waals surface area contributed by atoms with Gasteiger partial charge >= 0.3 is 11.9 Å². The van der Waals surface area contributed by atoms with Crippen LogP contribution in [-0.4, -0.2) is 124 Å². The van der Waals surface area contributed by atoms with Gasteiger partial charge in [-0.25, -0.2) is 0 Å². The smallest absolute Gasteiger partial charge is 0.305 e. The van der Waals surface area contributed by atoms with Gasteiger partial charge in [0.25, 0.3) is 0 Å². The minimum absolute atomic E-state index is 0.0251. The van der Waals surface area contributed by atoms with Crippen LogP contribution in [0, 0.1) is 0 Å². The normalized spacial score (nSPS) is 13.6. The molecule has 0 aliphatic carbocycles. The molecule has 0 fully saturated rings. The highest BCUT2D eigenvalue weighted by atomic mass is 16.4. The fourth-order valence-corrected chi connectivity index (χ4v) is 9.22. The standard InChI is InChI=1S/C64H68N8O13/c1-41(74)65-49(32-42-20-8-2-9-21-42)59(80)67-50(33-43-22-10-3-11-23-43)60(81)68-51(34-44-24-12-4-13-25-44)61(82)69-52(35-45-26-14-5-15-27-45)62(83)70-53(36-46-28-16-6-17-29-46)63(84)71-54(37-47-30-18-7-19-31-47)64(85)72-55(39-57(77)78)58(79)66-48(40-73)38-56(75)76/h2-31,40,48-55H,32-39H2,1H3,(H,65,74)(H,66,79)(H,67,80)(H,68,81)(H,69,82)(H,70,83)(H,71,84)(H,72,85)(H,75,76)(H,77,78)/t48-,49-,50-,51-,52-,53-,54-,55-/m0/s1. The van der Waals surface area contributed by atoms with Crippen LogP contribution in [0.3, 0.4) is 0 Å². The molecule has 10 N–H and O–H groups in total. The molecular formula is C64H68N8O13. The van der Waals surface area contributed by atoms with E-state index in [4.69, 9.17) is 0 Å². The Morgan fingerprint density at radius 3 is 0.706 bits per heavy atom. The van der Waals surface area contributed by atoms with Gasteiger partial charge in [-0.1, -0.05) is 182 Å². The van der Waals surface area contributed by atoms with Gasteiger partial charge < -0.3 is 57.5 Å². The van der Waals surface area contributed by atoms with E-state index in [0.29, 0.717) is 27.8 Å². The molecule has 0 heterocycles. The summed E-state index contributed by atoms with van der Waals surface area (Å²) >= 11 is 0. The molecule has 0 radical (unpaired) electrons. The Hall–Kier alpha value is -10.3. The lowest BCUT2D eigenvalue weighted by molar-refractivity contribution is -0.142. The number of carboxylic acids is 2. The van der Waals surface area contributed by atoms with E-state index in [9.17, 15) is 63.0 Å². The molecule has 0 unspecified atom stereocenters. The molecule has 6 rings (SSSR count). The van der Waals surface area contributed by atoms with Crippen molar-refractivity contribution in [2.45, 2.75) is 107 Å². The molecule has 0 saturated carbocycles. The Morgan fingerprint density at radius 2 is 0.506 bits per heavy atom. The first-order valence-electron chi connectivity index (χ1n) is 27.4. The Morgan fingerprint density at radius 1 is 0.306 bits per heavy atom. The third-order valence-corrected chi connectivity index (χ3v) is 13.5. The Labute approximate surface area is 491 Å². The van der Waals surface area contributed by atoms with E-state index < -0.39 is 120 Å². The quantitative estimate of drug-likeness (QED) is 0.0272. The Bertz CT molecular complexity index is 3220. The van der Waals surface area contributed by atoms with Crippen molar-refractivity contribution in [3.05, 3.63) is 215 Å². The van der Waals surface area contributed by atoms with Gasteiger partial charge in [-0.15, -0.1) is 0 Å². The average molecular weight is 1160 g/mol. The number of aliphatic carboxylic acids is 2. The van der Waals surface area contributed by atoms with Crippen LogP contribution >= 0.6 is 0 Å². The topological polar surface area (TPSA) is 324 Å². The number of carbonyl (C=O) groups is 11. The maximum absolute atomic E-state index is 15.0. The number of hydrogen-bond acceptors (Lipinski definition) is 11. The van der Waals surface area contributed by atoms with Gasteiger partial charge in [0, 0.05) is 45.4 Å². The molecule has 442 valence electrons. The highest BCUT2D eigenvalue weighted by Gasteiger charge is 2.36.